The van der Waals surface area contributed by atoms with E-state index in [2.05, 4.69) is 13.8 Å². The van der Waals surface area contributed by atoms with Crippen LogP contribution >= 0.6 is 21.1 Å². The Morgan fingerprint density at radius 1 is 0.816 bits per heavy atom. The summed E-state index contributed by atoms with van der Waals surface area (Å²) in [5.74, 6) is -0.526. The summed E-state index contributed by atoms with van der Waals surface area (Å²) in [5.41, 5.74) is -2.87. The number of carbonyl (C=O) groups excluding carboxylic acids is 1. The molecule has 0 aliphatic heterocycles. The van der Waals surface area contributed by atoms with E-state index >= 15 is 0 Å². The van der Waals surface area contributed by atoms with Crippen molar-refractivity contribution in [3.05, 3.63) is 0 Å². The normalized spacial score (nSPS) is 16.1. The van der Waals surface area contributed by atoms with E-state index in [4.69, 9.17) is 26.8 Å². The van der Waals surface area contributed by atoms with Gasteiger partial charge in [0.05, 0.1) is 6.10 Å². The summed E-state index contributed by atoms with van der Waals surface area (Å²) in [7, 11) is -1.97. The SMILES string of the molecule is CCCCCCCCCCC(CCCCCCCCC)CC(S)OC(CC)OC(O)([PH2]=O)C(=O)OC(C)C. The summed E-state index contributed by atoms with van der Waals surface area (Å²) in [6, 6.07) is 0. The van der Waals surface area contributed by atoms with Crippen molar-refractivity contribution in [1.29, 1.82) is 0 Å². The number of hydrogen-bond acceptors (Lipinski definition) is 7. The molecule has 0 saturated heterocycles. The third-order valence-electron chi connectivity index (χ3n) is 6.97. The zero-order valence-corrected chi connectivity index (χ0v) is 27.3. The highest BCUT2D eigenvalue weighted by molar-refractivity contribution is 7.80. The van der Waals surface area contributed by atoms with Crippen molar-refractivity contribution in [3.63, 3.8) is 0 Å². The van der Waals surface area contributed by atoms with Crippen LogP contribution in [-0.2, 0) is 23.6 Å². The molecule has 0 fully saturated rings. The molecule has 0 bridgehead atoms. The number of esters is 1. The number of ether oxygens (including phenoxy) is 3. The number of carbonyl (C=O) groups is 1. The quantitative estimate of drug-likeness (QED) is 0.0332. The molecule has 228 valence electrons. The Balaban J connectivity index is 4.79. The highest BCUT2D eigenvalue weighted by Crippen LogP contribution is 2.30. The molecule has 0 rings (SSSR count). The highest BCUT2D eigenvalue weighted by Gasteiger charge is 2.41. The first-order valence-electron chi connectivity index (χ1n) is 15.6. The fourth-order valence-electron chi connectivity index (χ4n) is 4.68. The molecule has 5 unspecified atom stereocenters. The molecule has 0 aromatic heterocycles. The Kier molecular flexibility index (Phi) is 24.7. The van der Waals surface area contributed by atoms with Gasteiger partial charge < -0.3 is 23.9 Å². The Morgan fingerprint density at radius 2 is 1.26 bits per heavy atom. The molecule has 0 aliphatic rings. The minimum absolute atomic E-state index is 0.383. The van der Waals surface area contributed by atoms with Crippen LogP contribution in [0.4, 0.5) is 0 Å². The Hall–Kier alpha value is -0.0700. The second kappa shape index (κ2) is 24.7. The van der Waals surface area contributed by atoms with Gasteiger partial charge in [-0.15, -0.1) is 12.6 Å². The highest BCUT2D eigenvalue weighted by atomic mass is 32.1. The summed E-state index contributed by atoms with van der Waals surface area (Å²) in [6.07, 6.45) is 21.7. The van der Waals surface area contributed by atoms with E-state index in [0.717, 1.165) is 19.3 Å². The first-order valence-corrected chi connectivity index (χ1v) is 17.2. The lowest BCUT2D eigenvalue weighted by Gasteiger charge is -2.29. The smallest absolute Gasteiger partial charge is 0.374 e. The molecule has 0 heterocycles. The summed E-state index contributed by atoms with van der Waals surface area (Å²) in [6.45, 7) is 9.65. The topological polar surface area (TPSA) is 82.1 Å². The first kappa shape index (κ1) is 37.9. The number of hydrogen-bond donors (Lipinski definition) is 2. The predicted octanol–water partition coefficient (Wildman–Crippen LogP) is 9.04. The van der Waals surface area contributed by atoms with E-state index in [0.29, 0.717) is 12.3 Å². The van der Waals surface area contributed by atoms with Crippen LogP contribution in [0.5, 0.6) is 0 Å². The molecule has 0 spiro atoms. The van der Waals surface area contributed by atoms with E-state index < -0.39 is 37.8 Å². The van der Waals surface area contributed by atoms with Gasteiger partial charge in [0.15, 0.2) is 6.29 Å². The fraction of sp³-hybridized carbons (Fsp3) is 0.967. The van der Waals surface area contributed by atoms with Crippen LogP contribution < -0.4 is 0 Å². The van der Waals surface area contributed by atoms with E-state index in [9.17, 15) is 14.5 Å². The van der Waals surface area contributed by atoms with E-state index in [-0.39, 0.29) is 0 Å². The fourth-order valence-corrected chi connectivity index (χ4v) is 5.49. The molecule has 0 aromatic carbocycles. The van der Waals surface area contributed by atoms with Crippen LogP contribution in [-0.4, -0.2) is 34.4 Å². The summed E-state index contributed by atoms with van der Waals surface area (Å²) in [5, 5.41) is 10.5. The number of unbranched alkanes of at least 4 members (excludes halogenated alkanes) is 13. The van der Waals surface area contributed by atoms with Crippen molar-refractivity contribution in [1.82, 2.24) is 0 Å². The monoisotopic (exact) mass is 580 g/mol. The minimum Gasteiger partial charge on any atom is -0.459 e. The van der Waals surface area contributed by atoms with Crippen LogP contribution in [0.25, 0.3) is 0 Å². The third kappa shape index (κ3) is 19.9. The van der Waals surface area contributed by atoms with Crippen molar-refractivity contribution < 1.29 is 28.7 Å². The molecule has 1 N–H and O–H groups in total. The van der Waals surface area contributed by atoms with Crippen molar-refractivity contribution in [2.24, 2.45) is 5.92 Å². The molecular weight excluding hydrogens is 519 g/mol. The predicted molar refractivity (Wildman–Crippen MR) is 164 cm³/mol. The molecule has 5 atom stereocenters. The maximum Gasteiger partial charge on any atom is 0.374 e. The summed E-state index contributed by atoms with van der Waals surface area (Å²) >= 11 is 4.69. The van der Waals surface area contributed by atoms with Crippen molar-refractivity contribution in [2.75, 3.05) is 0 Å². The van der Waals surface area contributed by atoms with Crippen LogP contribution in [0.3, 0.4) is 0 Å². The van der Waals surface area contributed by atoms with Gasteiger partial charge in [-0.3, -0.25) is 0 Å². The van der Waals surface area contributed by atoms with Crippen LogP contribution in [0.15, 0.2) is 0 Å². The van der Waals surface area contributed by atoms with Gasteiger partial charge in [-0.1, -0.05) is 130 Å². The van der Waals surface area contributed by atoms with Crippen LogP contribution in [0.2, 0.25) is 0 Å². The molecule has 8 heteroatoms. The van der Waals surface area contributed by atoms with Gasteiger partial charge in [0.2, 0.25) is 0 Å². The molecule has 6 nitrogen and oxygen atoms in total. The second-order valence-electron chi connectivity index (χ2n) is 11.1. The van der Waals surface area contributed by atoms with Crippen LogP contribution in [0, 0.1) is 5.92 Å². The number of rotatable bonds is 27. The maximum absolute atomic E-state index is 12.2. The second-order valence-corrected chi connectivity index (χ2v) is 12.7. The maximum atomic E-state index is 12.2. The largest absolute Gasteiger partial charge is 0.459 e. The first-order chi connectivity index (χ1) is 18.2. The van der Waals surface area contributed by atoms with Gasteiger partial charge in [-0.05, 0) is 32.6 Å². The van der Waals surface area contributed by atoms with Gasteiger partial charge in [-0.25, -0.2) is 4.79 Å². The molecular formula is C30H61O6PS. The van der Waals surface area contributed by atoms with Gasteiger partial charge in [0, 0.05) is 0 Å². The molecule has 38 heavy (non-hydrogen) atoms. The van der Waals surface area contributed by atoms with Crippen molar-refractivity contribution in [3.8, 4) is 0 Å². The van der Waals surface area contributed by atoms with E-state index in [1.165, 1.54) is 96.3 Å². The third-order valence-corrected chi connectivity index (χ3v) is 7.99. The lowest BCUT2D eigenvalue weighted by Crippen LogP contribution is -2.42. The van der Waals surface area contributed by atoms with E-state index in [1.807, 2.05) is 6.92 Å². The zero-order valence-electron chi connectivity index (χ0n) is 25.3. The summed E-state index contributed by atoms with van der Waals surface area (Å²) < 4.78 is 28.2. The van der Waals surface area contributed by atoms with Gasteiger partial charge >= 0.3 is 11.5 Å². The lowest BCUT2D eigenvalue weighted by molar-refractivity contribution is -0.260. The van der Waals surface area contributed by atoms with E-state index in [1.54, 1.807) is 13.8 Å². The lowest BCUT2D eigenvalue weighted by atomic mass is 9.91. The Bertz CT molecular complexity index is 579. The molecule has 0 radical (unpaired) electrons. The molecule has 0 saturated carbocycles. The number of thiol groups is 1. The van der Waals surface area contributed by atoms with Crippen LogP contribution in [0.1, 0.15) is 157 Å². The van der Waals surface area contributed by atoms with Crippen molar-refractivity contribution in [2.45, 2.75) is 180 Å². The van der Waals surface area contributed by atoms with Gasteiger partial charge in [0.25, 0.3) is 0 Å². The molecule has 0 aliphatic carbocycles. The summed E-state index contributed by atoms with van der Waals surface area (Å²) in [4.78, 5) is 12.2. The average molecular weight is 581 g/mol. The standard InChI is InChI=1S/C30H61O6PS/c1-6-9-11-13-15-17-19-21-23-26(22-20-18-16-14-12-10-7-2)24-28(38)35-27(8-3)36-30(32,37-33)29(31)34-25(4)5/h25-28,32,38H,6-24,37H2,1-5H3. The zero-order chi connectivity index (χ0) is 28.7. The van der Waals surface area contributed by atoms with Gasteiger partial charge in [-0.2, -0.15) is 0 Å². The number of aliphatic hydroxyl groups is 1. The Labute approximate surface area is 241 Å². The van der Waals surface area contributed by atoms with Gasteiger partial charge in [0.1, 0.15) is 13.9 Å². The van der Waals surface area contributed by atoms with Crippen molar-refractivity contribution >= 4 is 27.1 Å². The minimum atomic E-state index is -2.48. The molecule has 0 amide bonds. The molecule has 0 aromatic rings. The average Bonchev–Trinajstić information content (AvgIpc) is 2.88. The Morgan fingerprint density at radius 3 is 1.66 bits per heavy atom.